The molecule has 1 aliphatic rings. The zero-order valence-electron chi connectivity index (χ0n) is 12.2. The largest absolute Gasteiger partial charge is 0.423 e. The SMILES string of the molecule is COCCN1CCN(c2cc(=O)oc3ccccc23)CC1. The van der Waals surface area contributed by atoms with Crippen LogP contribution in [0.1, 0.15) is 0 Å². The van der Waals surface area contributed by atoms with Crippen LogP contribution >= 0.6 is 0 Å². The second-order valence-electron chi connectivity index (χ2n) is 5.27. The average molecular weight is 288 g/mol. The van der Waals surface area contributed by atoms with Crippen molar-refractivity contribution in [2.45, 2.75) is 0 Å². The molecular weight excluding hydrogens is 268 g/mol. The molecule has 1 aromatic carbocycles. The Morgan fingerprint density at radius 1 is 1.19 bits per heavy atom. The van der Waals surface area contributed by atoms with Gasteiger partial charge in [0.2, 0.25) is 0 Å². The van der Waals surface area contributed by atoms with Gasteiger partial charge in [0.15, 0.2) is 0 Å². The summed E-state index contributed by atoms with van der Waals surface area (Å²) in [6, 6.07) is 9.31. The number of ether oxygens (including phenoxy) is 1. The van der Waals surface area contributed by atoms with Gasteiger partial charge in [-0.3, -0.25) is 4.90 Å². The molecule has 1 saturated heterocycles. The van der Waals surface area contributed by atoms with Crippen LogP contribution in [-0.4, -0.2) is 51.3 Å². The minimum Gasteiger partial charge on any atom is -0.423 e. The van der Waals surface area contributed by atoms with Crippen LogP contribution in [0.3, 0.4) is 0 Å². The summed E-state index contributed by atoms with van der Waals surface area (Å²) >= 11 is 0. The Balaban J connectivity index is 1.81. The fourth-order valence-electron chi connectivity index (χ4n) is 2.79. The van der Waals surface area contributed by atoms with Crippen molar-refractivity contribution < 1.29 is 9.15 Å². The van der Waals surface area contributed by atoms with Gasteiger partial charge in [0, 0.05) is 51.3 Å². The summed E-state index contributed by atoms with van der Waals surface area (Å²) in [7, 11) is 1.73. The third kappa shape index (κ3) is 3.09. The lowest BCUT2D eigenvalue weighted by Gasteiger charge is -2.36. The second kappa shape index (κ2) is 6.28. The normalized spacial score (nSPS) is 16.5. The molecule has 0 unspecified atom stereocenters. The van der Waals surface area contributed by atoms with Crippen molar-refractivity contribution in [2.75, 3.05) is 51.3 Å². The molecule has 2 aromatic rings. The second-order valence-corrected chi connectivity index (χ2v) is 5.27. The summed E-state index contributed by atoms with van der Waals surface area (Å²) in [4.78, 5) is 16.4. The van der Waals surface area contributed by atoms with Gasteiger partial charge in [0.1, 0.15) is 5.58 Å². The Morgan fingerprint density at radius 3 is 2.71 bits per heavy atom. The van der Waals surface area contributed by atoms with Crippen molar-refractivity contribution in [2.24, 2.45) is 0 Å². The summed E-state index contributed by atoms with van der Waals surface area (Å²) in [5.74, 6) is 0. The summed E-state index contributed by atoms with van der Waals surface area (Å²) in [6.45, 7) is 5.52. The van der Waals surface area contributed by atoms with Gasteiger partial charge in [0.05, 0.1) is 12.3 Å². The highest BCUT2D eigenvalue weighted by Gasteiger charge is 2.19. The first-order valence-corrected chi connectivity index (χ1v) is 7.27. The van der Waals surface area contributed by atoms with Crippen LogP contribution in [0, 0.1) is 0 Å². The minimum atomic E-state index is -0.287. The number of piperazine rings is 1. The number of methoxy groups -OCH3 is 1. The molecular formula is C16H20N2O3. The number of rotatable bonds is 4. The summed E-state index contributed by atoms with van der Waals surface area (Å²) in [5.41, 5.74) is 1.35. The summed E-state index contributed by atoms with van der Waals surface area (Å²) in [6.07, 6.45) is 0. The van der Waals surface area contributed by atoms with Crippen molar-refractivity contribution in [3.05, 3.63) is 40.8 Å². The predicted octanol–water partition coefficient (Wildman–Crippen LogP) is 1.56. The molecule has 5 nitrogen and oxygen atoms in total. The smallest absolute Gasteiger partial charge is 0.338 e. The predicted molar refractivity (Wildman–Crippen MR) is 83.0 cm³/mol. The maximum Gasteiger partial charge on any atom is 0.338 e. The Bertz CT molecular complexity index is 660. The number of para-hydroxylation sites is 1. The molecule has 0 amide bonds. The third-order valence-electron chi connectivity index (χ3n) is 3.95. The van der Waals surface area contributed by atoms with E-state index < -0.39 is 0 Å². The molecule has 112 valence electrons. The molecule has 0 radical (unpaired) electrons. The Hall–Kier alpha value is -1.85. The molecule has 0 spiro atoms. The minimum absolute atomic E-state index is 0.287. The lowest BCUT2D eigenvalue weighted by molar-refractivity contribution is 0.144. The molecule has 1 aromatic heterocycles. The molecule has 1 fully saturated rings. The first kappa shape index (κ1) is 14.1. The third-order valence-corrected chi connectivity index (χ3v) is 3.95. The van der Waals surface area contributed by atoms with E-state index in [1.165, 1.54) is 0 Å². The summed E-state index contributed by atoms with van der Waals surface area (Å²) in [5, 5.41) is 1.00. The molecule has 0 saturated carbocycles. The molecule has 0 N–H and O–H groups in total. The standard InChI is InChI=1S/C16H20N2O3/c1-20-11-10-17-6-8-18(9-7-17)14-12-16(19)21-15-5-3-2-4-13(14)15/h2-5,12H,6-11H2,1H3. The fraction of sp³-hybridized carbons (Fsp3) is 0.438. The molecule has 1 aliphatic heterocycles. The van der Waals surface area contributed by atoms with Crippen LogP contribution in [0.15, 0.2) is 39.5 Å². The van der Waals surface area contributed by atoms with Crippen molar-refractivity contribution in [3.63, 3.8) is 0 Å². The van der Waals surface area contributed by atoms with Gasteiger partial charge < -0.3 is 14.1 Å². The van der Waals surface area contributed by atoms with E-state index in [1.807, 2.05) is 24.3 Å². The van der Waals surface area contributed by atoms with Crippen molar-refractivity contribution in [3.8, 4) is 0 Å². The zero-order valence-corrected chi connectivity index (χ0v) is 12.2. The van der Waals surface area contributed by atoms with E-state index in [0.717, 1.165) is 50.4 Å². The molecule has 3 rings (SSSR count). The van der Waals surface area contributed by atoms with Crippen LogP contribution in [0.4, 0.5) is 5.69 Å². The van der Waals surface area contributed by atoms with Crippen molar-refractivity contribution >= 4 is 16.7 Å². The van der Waals surface area contributed by atoms with Crippen molar-refractivity contribution in [1.29, 1.82) is 0 Å². The Labute approximate surface area is 123 Å². The Morgan fingerprint density at radius 2 is 1.95 bits per heavy atom. The zero-order chi connectivity index (χ0) is 14.7. The molecule has 5 heteroatoms. The van der Waals surface area contributed by atoms with Gasteiger partial charge in [-0.05, 0) is 12.1 Å². The quantitative estimate of drug-likeness (QED) is 0.799. The van der Waals surface area contributed by atoms with Gasteiger partial charge in [-0.15, -0.1) is 0 Å². The van der Waals surface area contributed by atoms with E-state index in [0.29, 0.717) is 5.58 Å². The highest BCUT2D eigenvalue weighted by Crippen LogP contribution is 2.25. The fourth-order valence-corrected chi connectivity index (χ4v) is 2.79. The van der Waals surface area contributed by atoms with Gasteiger partial charge in [-0.2, -0.15) is 0 Å². The van der Waals surface area contributed by atoms with Gasteiger partial charge in [0.25, 0.3) is 0 Å². The van der Waals surface area contributed by atoms with E-state index in [9.17, 15) is 4.79 Å². The number of anilines is 1. The first-order valence-electron chi connectivity index (χ1n) is 7.27. The van der Waals surface area contributed by atoms with Gasteiger partial charge >= 0.3 is 5.63 Å². The number of hydrogen-bond donors (Lipinski definition) is 0. The van der Waals surface area contributed by atoms with Crippen LogP contribution in [0.5, 0.6) is 0 Å². The van der Waals surface area contributed by atoms with E-state index in [1.54, 1.807) is 13.2 Å². The molecule has 21 heavy (non-hydrogen) atoms. The first-order chi connectivity index (χ1) is 10.3. The monoisotopic (exact) mass is 288 g/mol. The van der Waals surface area contributed by atoms with Crippen molar-refractivity contribution in [1.82, 2.24) is 4.90 Å². The van der Waals surface area contributed by atoms with Crippen LogP contribution in [0.25, 0.3) is 11.0 Å². The number of benzene rings is 1. The van der Waals surface area contributed by atoms with E-state index >= 15 is 0 Å². The highest BCUT2D eigenvalue weighted by molar-refractivity contribution is 5.90. The molecule has 2 heterocycles. The van der Waals surface area contributed by atoms with Gasteiger partial charge in [-0.25, -0.2) is 4.79 Å². The number of hydrogen-bond acceptors (Lipinski definition) is 5. The van der Waals surface area contributed by atoms with E-state index in [-0.39, 0.29) is 5.63 Å². The number of nitrogens with zero attached hydrogens (tertiary/aromatic N) is 2. The van der Waals surface area contributed by atoms with E-state index in [2.05, 4.69) is 9.80 Å². The Kier molecular flexibility index (Phi) is 4.22. The van der Waals surface area contributed by atoms with Crippen LogP contribution in [-0.2, 0) is 4.74 Å². The molecule has 0 aliphatic carbocycles. The molecule has 0 bridgehead atoms. The lowest BCUT2D eigenvalue weighted by atomic mass is 10.1. The van der Waals surface area contributed by atoms with E-state index in [4.69, 9.17) is 9.15 Å². The lowest BCUT2D eigenvalue weighted by Crippen LogP contribution is -2.47. The van der Waals surface area contributed by atoms with Crippen LogP contribution < -0.4 is 10.5 Å². The average Bonchev–Trinajstić information content (AvgIpc) is 2.52. The maximum absolute atomic E-state index is 11.7. The highest BCUT2D eigenvalue weighted by atomic mass is 16.5. The molecule has 0 atom stereocenters. The maximum atomic E-state index is 11.7. The topological polar surface area (TPSA) is 45.9 Å². The number of fused-ring (bicyclic) bond motifs is 1. The summed E-state index contributed by atoms with van der Waals surface area (Å²) < 4.78 is 10.4. The van der Waals surface area contributed by atoms with Gasteiger partial charge in [-0.1, -0.05) is 12.1 Å². The van der Waals surface area contributed by atoms with Crippen LogP contribution in [0.2, 0.25) is 0 Å².